The number of rotatable bonds is 5. The number of ether oxygens (including phenoxy) is 1. The molecule has 1 heterocycles. The Labute approximate surface area is 151 Å². The van der Waals surface area contributed by atoms with Crippen LogP contribution in [0.1, 0.15) is 47.5 Å². The molecule has 1 saturated heterocycles. The average molecular weight is 341 g/mol. The zero-order chi connectivity index (χ0) is 18.3. The topological polar surface area (TPSA) is 27.7 Å². The molecular weight excluding hydrogens is 311 g/mol. The Morgan fingerprint density at radius 3 is 2.12 bits per heavy atom. The van der Waals surface area contributed by atoms with Crippen molar-refractivity contribution in [3.63, 3.8) is 0 Å². The second-order valence-electron chi connectivity index (χ2n) is 8.24. The fraction of sp³-hybridized carbons (Fsp3) is 0.524. The zero-order valence-electron chi connectivity index (χ0n) is 16.4. The van der Waals surface area contributed by atoms with E-state index < -0.39 is 6.55 Å². The van der Waals surface area contributed by atoms with Gasteiger partial charge in [0.25, 0.3) is 6.55 Å². The van der Waals surface area contributed by atoms with Crippen molar-refractivity contribution in [1.82, 2.24) is 0 Å². The lowest BCUT2D eigenvalue weighted by Crippen LogP contribution is -2.51. The second-order valence-corrected chi connectivity index (χ2v) is 8.24. The zero-order valence-corrected chi connectivity index (χ0v) is 16.4. The fourth-order valence-electron chi connectivity index (χ4n) is 3.80. The molecular formula is C21H30BO3-. The Balaban J connectivity index is 2.07. The Morgan fingerprint density at radius 2 is 1.52 bits per heavy atom. The SMILES string of the molecule is CCCC[B-]1(c2ccc3cc(OC)ccc3c2)OC(C)(C)C(C)(C)O1. The van der Waals surface area contributed by atoms with E-state index in [-0.39, 0.29) is 11.2 Å². The number of fused-ring (bicyclic) bond motifs is 1. The van der Waals surface area contributed by atoms with Gasteiger partial charge in [0.2, 0.25) is 0 Å². The first-order chi connectivity index (χ1) is 11.7. The van der Waals surface area contributed by atoms with Gasteiger partial charge in [0.1, 0.15) is 5.75 Å². The van der Waals surface area contributed by atoms with Gasteiger partial charge in [0.15, 0.2) is 0 Å². The van der Waals surface area contributed by atoms with E-state index in [1.54, 1.807) is 7.11 Å². The summed E-state index contributed by atoms with van der Waals surface area (Å²) in [6, 6.07) is 12.7. The van der Waals surface area contributed by atoms with Crippen LogP contribution in [0, 0.1) is 0 Å². The number of unbranched alkanes of at least 4 members (excludes halogenated alkanes) is 1. The van der Waals surface area contributed by atoms with Crippen LogP contribution in [0.25, 0.3) is 10.8 Å². The summed E-state index contributed by atoms with van der Waals surface area (Å²) in [5.41, 5.74) is 0.510. The first-order valence-electron chi connectivity index (χ1n) is 9.37. The molecule has 0 amide bonds. The maximum Gasteiger partial charge on any atom is 0.270 e. The lowest BCUT2D eigenvalue weighted by molar-refractivity contribution is 0.00578. The van der Waals surface area contributed by atoms with E-state index in [1.165, 1.54) is 10.8 Å². The number of hydrogen-bond acceptors (Lipinski definition) is 3. The third kappa shape index (κ3) is 3.18. The van der Waals surface area contributed by atoms with Crippen molar-refractivity contribution in [3.8, 4) is 5.75 Å². The van der Waals surface area contributed by atoms with E-state index >= 15 is 0 Å². The summed E-state index contributed by atoms with van der Waals surface area (Å²) < 4.78 is 18.6. The van der Waals surface area contributed by atoms with Gasteiger partial charge in [-0.15, -0.1) is 6.32 Å². The molecule has 0 aromatic heterocycles. The monoisotopic (exact) mass is 341 g/mol. The summed E-state index contributed by atoms with van der Waals surface area (Å²) in [5.74, 6) is 0.877. The van der Waals surface area contributed by atoms with Gasteiger partial charge < -0.3 is 14.0 Å². The Bertz CT molecular complexity index is 751. The van der Waals surface area contributed by atoms with Crippen LogP contribution in [0.15, 0.2) is 36.4 Å². The van der Waals surface area contributed by atoms with Gasteiger partial charge in [-0.3, -0.25) is 0 Å². The maximum absolute atomic E-state index is 6.65. The molecule has 4 heteroatoms. The van der Waals surface area contributed by atoms with Gasteiger partial charge in [-0.05, 0) is 50.6 Å². The first-order valence-corrected chi connectivity index (χ1v) is 9.37. The minimum atomic E-state index is -1.49. The van der Waals surface area contributed by atoms with E-state index in [0.29, 0.717) is 0 Å². The van der Waals surface area contributed by atoms with Crippen LogP contribution >= 0.6 is 0 Å². The first kappa shape index (κ1) is 18.3. The van der Waals surface area contributed by atoms with E-state index in [1.807, 2.05) is 6.07 Å². The van der Waals surface area contributed by atoms with Crippen molar-refractivity contribution < 1.29 is 14.0 Å². The summed E-state index contributed by atoms with van der Waals surface area (Å²) >= 11 is 0. The van der Waals surface area contributed by atoms with Crippen molar-refractivity contribution in [2.45, 2.75) is 65.0 Å². The lowest BCUT2D eigenvalue weighted by Gasteiger charge is -2.38. The van der Waals surface area contributed by atoms with Gasteiger partial charge in [-0.25, -0.2) is 0 Å². The Hall–Kier alpha value is -1.52. The number of benzene rings is 2. The smallest absolute Gasteiger partial charge is 0.270 e. The Kier molecular flexibility index (Phi) is 4.63. The molecule has 0 aliphatic carbocycles. The normalized spacial score (nSPS) is 20.7. The molecule has 3 rings (SSSR count). The van der Waals surface area contributed by atoms with Crippen LogP contribution < -0.4 is 10.2 Å². The van der Waals surface area contributed by atoms with Gasteiger partial charge in [0.05, 0.1) is 7.11 Å². The highest BCUT2D eigenvalue weighted by Crippen LogP contribution is 2.43. The van der Waals surface area contributed by atoms with Crippen LogP contribution in [0.3, 0.4) is 0 Å². The maximum atomic E-state index is 6.65. The molecule has 2 aromatic rings. The van der Waals surface area contributed by atoms with Gasteiger partial charge >= 0.3 is 0 Å². The van der Waals surface area contributed by atoms with E-state index in [2.05, 4.69) is 65.0 Å². The molecule has 25 heavy (non-hydrogen) atoms. The second kappa shape index (κ2) is 6.33. The predicted molar refractivity (Wildman–Crippen MR) is 106 cm³/mol. The van der Waals surface area contributed by atoms with E-state index in [0.717, 1.165) is 30.4 Å². The van der Waals surface area contributed by atoms with Crippen LogP contribution in [0.5, 0.6) is 5.75 Å². The Morgan fingerprint density at radius 1 is 0.920 bits per heavy atom. The summed E-state index contributed by atoms with van der Waals surface area (Å²) in [6.07, 6.45) is 3.14. The van der Waals surface area contributed by atoms with Crippen LogP contribution in [-0.4, -0.2) is 24.9 Å². The molecule has 0 N–H and O–H groups in total. The molecule has 1 aliphatic heterocycles. The molecule has 2 aromatic carbocycles. The largest absolute Gasteiger partial charge is 0.558 e. The molecule has 136 valence electrons. The van der Waals surface area contributed by atoms with Crippen LogP contribution in [0.4, 0.5) is 0 Å². The van der Waals surface area contributed by atoms with Crippen molar-refractivity contribution in [1.29, 1.82) is 0 Å². The van der Waals surface area contributed by atoms with Crippen LogP contribution in [-0.2, 0) is 9.31 Å². The van der Waals surface area contributed by atoms with Gasteiger partial charge in [0, 0.05) is 11.2 Å². The summed E-state index contributed by atoms with van der Waals surface area (Å²) in [5, 5.41) is 2.35. The molecule has 0 spiro atoms. The lowest BCUT2D eigenvalue weighted by atomic mass is 9.48. The molecule has 0 saturated carbocycles. The standard InChI is InChI=1S/C21H30BO3/c1-7-8-13-22(24-20(2,3)21(4,5)25-22)18-11-9-17-15-19(23-6)12-10-16(17)14-18/h9-12,14-15H,7-8,13H2,1-6H3/q-1. The van der Waals surface area contributed by atoms with E-state index in [4.69, 9.17) is 14.0 Å². The molecule has 1 fully saturated rings. The molecule has 0 atom stereocenters. The quantitative estimate of drug-likeness (QED) is 0.724. The summed E-state index contributed by atoms with van der Waals surface area (Å²) in [4.78, 5) is 0. The predicted octanol–water partition coefficient (Wildman–Crippen LogP) is 4.90. The summed E-state index contributed by atoms with van der Waals surface area (Å²) in [7, 11) is 1.70. The fourth-order valence-corrected chi connectivity index (χ4v) is 3.80. The third-order valence-electron chi connectivity index (χ3n) is 5.94. The highest BCUT2D eigenvalue weighted by molar-refractivity contribution is 6.81. The van der Waals surface area contributed by atoms with Gasteiger partial charge in [-0.1, -0.05) is 44.0 Å². The third-order valence-corrected chi connectivity index (χ3v) is 5.94. The van der Waals surface area contributed by atoms with Crippen molar-refractivity contribution in [2.75, 3.05) is 7.11 Å². The summed E-state index contributed by atoms with van der Waals surface area (Å²) in [6.45, 7) is 9.26. The molecule has 3 nitrogen and oxygen atoms in total. The minimum absolute atomic E-state index is 0.324. The number of hydrogen-bond donors (Lipinski definition) is 0. The molecule has 1 aliphatic rings. The highest BCUT2D eigenvalue weighted by atomic mass is 16.7. The molecule has 0 bridgehead atoms. The number of methoxy groups -OCH3 is 1. The molecule has 0 radical (unpaired) electrons. The van der Waals surface area contributed by atoms with Crippen LogP contribution in [0.2, 0.25) is 6.32 Å². The van der Waals surface area contributed by atoms with Gasteiger partial charge in [-0.2, -0.15) is 5.46 Å². The van der Waals surface area contributed by atoms with E-state index in [9.17, 15) is 0 Å². The minimum Gasteiger partial charge on any atom is -0.558 e. The van der Waals surface area contributed by atoms with Crippen molar-refractivity contribution in [2.24, 2.45) is 0 Å². The highest BCUT2D eigenvalue weighted by Gasteiger charge is 2.51. The van der Waals surface area contributed by atoms with Crippen molar-refractivity contribution >= 4 is 22.8 Å². The average Bonchev–Trinajstić information content (AvgIpc) is 2.77. The van der Waals surface area contributed by atoms with Crippen molar-refractivity contribution in [3.05, 3.63) is 36.4 Å². The molecule has 0 unspecified atom stereocenters.